The molecule has 1 aliphatic rings. The van der Waals surface area contributed by atoms with Gasteiger partial charge in [-0.3, -0.25) is 4.79 Å². The third kappa shape index (κ3) is 1.38. The predicted molar refractivity (Wildman–Crippen MR) is 67.5 cm³/mol. The first-order valence-electron chi connectivity index (χ1n) is 4.67. The second-order valence-corrected chi connectivity index (χ2v) is 5.48. The van der Waals surface area contributed by atoms with Gasteiger partial charge in [-0.1, -0.05) is 34.1 Å². The Balaban J connectivity index is 2.41. The molecule has 0 bridgehead atoms. The summed E-state index contributed by atoms with van der Waals surface area (Å²) >= 11 is 5.04. The van der Waals surface area contributed by atoms with E-state index in [0.29, 0.717) is 6.42 Å². The lowest BCUT2D eigenvalue weighted by molar-refractivity contribution is 0.0998. The highest BCUT2D eigenvalue weighted by Crippen LogP contribution is 2.36. The summed E-state index contributed by atoms with van der Waals surface area (Å²) in [5, 5.41) is 1.18. The zero-order valence-corrected chi connectivity index (χ0v) is 10.2. The number of ketones is 1. The van der Waals surface area contributed by atoms with Crippen molar-refractivity contribution >= 4 is 49.2 Å². The second kappa shape index (κ2) is 3.29. The first-order valence-corrected chi connectivity index (χ1v) is 6.28. The minimum absolute atomic E-state index is 0.241. The van der Waals surface area contributed by atoms with Crippen molar-refractivity contribution in [2.75, 3.05) is 0 Å². The van der Waals surface area contributed by atoms with Gasteiger partial charge >= 0.3 is 0 Å². The molecule has 15 heavy (non-hydrogen) atoms. The van der Waals surface area contributed by atoms with Crippen LogP contribution in [0.15, 0.2) is 28.7 Å². The van der Waals surface area contributed by atoms with Gasteiger partial charge in [-0.25, -0.2) is 0 Å². The number of hydrogen-bond donors (Lipinski definition) is 0. The van der Waals surface area contributed by atoms with Crippen LogP contribution in [0.2, 0.25) is 0 Å². The molecule has 3 heteroatoms. The summed E-state index contributed by atoms with van der Waals surface area (Å²) in [5.41, 5.74) is 1.10. The highest BCUT2D eigenvalue weighted by atomic mass is 79.9. The molecule has 2 aromatic rings. The monoisotopic (exact) mass is 278 g/mol. The molecule has 1 aromatic carbocycles. The molecular formula is C12H7BrOS. The van der Waals surface area contributed by atoms with E-state index in [4.69, 9.17) is 0 Å². The van der Waals surface area contributed by atoms with E-state index in [9.17, 15) is 4.79 Å². The molecule has 1 aliphatic carbocycles. The number of halogens is 1. The summed E-state index contributed by atoms with van der Waals surface area (Å²) in [7, 11) is 0. The molecule has 0 atom stereocenters. The molecule has 1 aromatic heterocycles. The first kappa shape index (κ1) is 9.31. The Morgan fingerprint density at radius 2 is 2.20 bits per heavy atom. The lowest BCUT2D eigenvalue weighted by atomic mass is 10.0. The van der Waals surface area contributed by atoms with Crippen LogP contribution in [0.4, 0.5) is 0 Å². The van der Waals surface area contributed by atoms with Gasteiger partial charge in [0.2, 0.25) is 0 Å². The number of rotatable bonds is 0. The molecule has 0 saturated carbocycles. The average molecular weight is 279 g/mol. The number of thiophene rings is 1. The standard InChI is InChI=1S/C12H7BrOS/c13-7-4-5-8-9-2-1-3-10(14)12(9)15-11(8)6-7/h1-2,4-6H,3H2. The van der Waals surface area contributed by atoms with E-state index in [0.717, 1.165) is 14.9 Å². The van der Waals surface area contributed by atoms with Crippen molar-refractivity contribution in [3.63, 3.8) is 0 Å². The van der Waals surface area contributed by atoms with E-state index < -0.39 is 0 Å². The summed E-state index contributed by atoms with van der Waals surface area (Å²) in [6.45, 7) is 0. The van der Waals surface area contributed by atoms with Crippen LogP contribution in [-0.2, 0) is 0 Å². The van der Waals surface area contributed by atoms with E-state index in [2.05, 4.69) is 34.1 Å². The Morgan fingerprint density at radius 3 is 3.07 bits per heavy atom. The number of Topliss-reactive ketones (excluding diaryl/α,β-unsaturated/α-hetero) is 1. The summed E-state index contributed by atoms with van der Waals surface area (Å²) in [6.07, 6.45) is 4.54. The second-order valence-electron chi connectivity index (χ2n) is 3.52. The molecule has 1 nitrogen and oxygen atoms in total. The topological polar surface area (TPSA) is 17.1 Å². The Labute approximate surface area is 99.5 Å². The van der Waals surface area contributed by atoms with Crippen LogP contribution in [0.3, 0.4) is 0 Å². The molecule has 0 spiro atoms. The van der Waals surface area contributed by atoms with E-state index in [1.54, 1.807) is 11.3 Å². The Hall–Kier alpha value is -0.930. The van der Waals surface area contributed by atoms with Gasteiger partial charge in [-0.15, -0.1) is 11.3 Å². The summed E-state index contributed by atoms with van der Waals surface area (Å²) in [6, 6.07) is 6.15. The number of carbonyl (C=O) groups excluding carboxylic acids is 1. The number of allylic oxidation sites excluding steroid dienone is 1. The number of fused-ring (bicyclic) bond motifs is 3. The SMILES string of the molecule is O=C1CC=Cc2c1sc1cc(Br)ccc21. The number of carbonyl (C=O) groups is 1. The molecule has 0 fully saturated rings. The van der Waals surface area contributed by atoms with Gasteiger partial charge in [-0.2, -0.15) is 0 Å². The van der Waals surface area contributed by atoms with Crippen molar-refractivity contribution < 1.29 is 4.79 Å². The van der Waals surface area contributed by atoms with E-state index in [-0.39, 0.29) is 5.78 Å². The van der Waals surface area contributed by atoms with Gasteiger partial charge in [0.05, 0.1) is 4.88 Å². The molecule has 0 N–H and O–H groups in total. The Morgan fingerprint density at radius 1 is 1.33 bits per heavy atom. The maximum absolute atomic E-state index is 11.7. The van der Waals surface area contributed by atoms with Gasteiger partial charge in [0.1, 0.15) is 0 Å². The average Bonchev–Trinajstić information content (AvgIpc) is 2.57. The van der Waals surface area contributed by atoms with E-state index in [1.807, 2.05) is 12.1 Å². The van der Waals surface area contributed by atoms with Crippen LogP contribution in [0.5, 0.6) is 0 Å². The minimum Gasteiger partial charge on any atom is -0.293 e. The highest BCUT2D eigenvalue weighted by molar-refractivity contribution is 9.10. The van der Waals surface area contributed by atoms with Crippen molar-refractivity contribution in [1.82, 2.24) is 0 Å². The predicted octanol–water partition coefficient (Wildman–Crippen LogP) is 4.26. The molecule has 0 amide bonds. The molecule has 3 rings (SSSR count). The van der Waals surface area contributed by atoms with Gasteiger partial charge in [0, 0.05) is 26.5 Å². The summed E-state index contributed by atoms with van der Waals surface area (Å²) in [5.74, 6) is 0.241. The van der Waals surface area contributed by atoms with E-state index >= 15 is 0 Å². The van der Waals surface area contributed by atoms with Gasteiger partial charge in [0.15, 0.2) is 5.78 Å². The van der Waals surface area contributed by atoms with Crippen molar-refractivity contribution in [3.05, 3.63) is 39.2 Å². The first-order chi connectivity index (χ1) is 7.25. The lowest BCUT2D eigenvalue weighted by Gasteiger charge is -2.02. The van der Waals surface area contributed by atoms with Crippen molar-refractivity contribution in [2.24, 2.45) is 0 Å². The number of benzene rings is 1. The van der Waals surface area contributed by atoms with Crippen LogP contribution in [0, 0.1) is 0 Å². The van der Waals surface area contributed by atoms with Crippen molar-refractivity contribution in [3.8, 4) is 0 Å². The Kier molecular flexibility index (Phi) is 2.04. The minimum atomic E-state index is 0.241. The van der Waals surface area contributed by atoms with Gasteiger partial charge in [-0.05, 0) is 12.1 Å². The third-order valence-electron chi connectivity index (χ3n) is 2.53. The van der Waals surface area contributed by atoms with Gasteiger partial charge < -0.3 is 0 Å². The zero-order chi connectivity index (χ0) is 10.4. The molecule has 0 saturated heterocycles. The third-order valence-corrected chi connectivity index (χ3v) is 4.23. The normalized spacial score (nSPS) is 14.6. The fourth-order valence-corrected chi connectivity index (χ4v) is 3.53. The zero-order valence-electron chi connectivity index (χ0n) is 7.79. The highest BCUT2D eigenvalue weighted by Gasteiger charge is 2.18. The fourth-order valence-electron chi connectivity index (χ4n) is 1.84. The van der Waals surface area contributed by atoms with Crippen LogP contribution in [-0.4, -0.2) is 5.78 Å². The van der Waals surface area contributed by atoms with Crippen LogP contribution < -0.4 is 0 Å². The number of hydrogen-bond acceptors (Lipinski definition) is 2. The summed E-state index contributed by atoms with van der Waals surface area (Å²) in [4.78, 5) is 12.6. The smallest absolute Gasteiger partial charge is 0.177 e. The quantitative estimate of drug-likeness (QED) is 0.704. The maximum atomic E-state index is 11.7. The van der Waals surface area contributed by atoms with Crippen molar-refractivity contribution in [2.45, 2.75) is 6.42 Å². The van der Waals surface area contributed by atoms with Crippen molar-refractivity contribution in [1.29, 1.82) is 0 Å². The van der Waals surface area contributed by atoms with Crippen LogP contribution in [0.25, 0.3) is 16.2 Å². The fraction of sp³-hybridized carbons (Fsp3) is 0.0833. The van der Waals surface area contributed by atoms with E-state index in [1.165, 1.54) is 10.1 Å². The molecule has 74 valence electrons. The van der Waals surface area contributed by atoms with Crippen LogP contribution >= 0.6 is 27.3 Å². The lowest BCUT2D eigenvalue weighted by Crippen LogP contribution is -1.99. The van der Waals surface area contributed by atoms with Gasteiger partial charge in [0.25, 0.3) is 0 Å². The maximum Gasteiger partial charge on any atom is 0.177 e. The summed E-state index contributed by atoms with van der Waals surface area (Å²) < 4.78 is 2.24. The molecule has 1 heterocycles. The molecule has 0 radical (unpaired) electrons. The largest absolute Gasteiger partial charge is 0.293 e. The molecular weight excluding hydrogens is 272 g/mol. The van der Waals surface area contributed by atoms with Crippen LogP contribution in [0.1, 0.15) is 21.7 Å². The molecule has 0 unspecified atom stereocenters. The Bertz CT molecular complexity index is 595. The molecule has 0 aliphatic heterocycles.